The molecule has 1 aliphatic heterocycles. The number of carbonyl (C=O) groups excluding carboxylic acids is 1. The second kappa shape index (κ2) is 6.73. The van der Waals surface area contributed by atoms with E-state index in [1.54, 1.807) is 6.92 Å². The van der Waals surface area contributed by atoms with Crippen LogP contribution in [0.2, 0.25) is 0 Å². The fraction of sp³-hybridized carbons (Fsp3) is 0.846. The predicted octanol–water partition coefficient (Wildman–Crippen LogP) is 1.14. The van der Waals surface area contributed by atoms with Crippen LogP contribution in [0.25, 0.3) is 0 Å². The number of amides is 1. The van der Waals surface area contributed by atoms with E-state index in [0.29, 0.717) is 18.8 Å². The van der Waals surface area contributed by atoms with E-state index in [1.165, 1.54) is 0 Å². The number of rotatable bonds is 7. The summed E-state index contributed by atoms with van der Waals surface area (Å²) in [5.74, 6) is -0.557. The molecule has 1 amide bonds. The third-order valence-electron chi connectivity index (χ3n) is 3.58. The molecule has 2 unspecified atom stereocenters. The molecule has 1 heterocycles. The zero-order valence-corrected chi connectivity index (χ0v) is 11.3. The van der Waals surface area contributed by atoms with Crippen molar-refractivity contribution in [3.05, 3.63) is 0 Å². The van der Waals surface area contributed by atoms with Crippen molar-refractivity contribution in [1.29, 1.82) is 0 Å². The molecule has 18 heavy (non-hydrogen) atoms. The van der Waals surface area contributed by atoms with Crippen LogP contribution >= 0.6 is 0 Å². The van der Waals surface area contributed by atoms with Crippen LogP contribution in [-0.2, 0) is 9.59 Å². The lowest BCUT2D eigenvalue weighted by atomic mass is 9.95. The Morgan fingerprint density at radius 3 is 2.72 bits per heavy atom. The quantitative estimate of drug-likeness (QED) is 0.638. The number of hydrogen-bond acceptors (Lipinski definition) is 3. The maximum Gasteiger partial charge on any atom is 0.329 e. The Bertz CT molecular complexity index is 301. The van der Waals surface area contributed by atoms with E-state index in [2.05, 4.69) is 10.6 Å². The highest BCUT2D eigenvalue weighted by Crippen LogP contribution is 2.16. The van der Waals surface area contributed by atoms with Crippen molar-refractivity contribution >= 4 is 11.9 Å². The summed E-state index contributed by atoms with van der Waals surface area (Å²) in [6.45, 7) is 5.48. The third-order valence-corrected chi connectivity index (χ3v) is 3.58. The van der Waals surface area contributed by atoms with Crippen molar-refractivity contribution in [3.8, 4) is 0 Å². The van der Waals surface area contributed by atoms with Gasteiger partial charge in [-0.1, -0.05) is 13.3 Å². The average molecular weight is 256 g/mol. The summed E-state index contributed by atoms with van der Waals surface area (Å²) in [4.78, 5) is 23.0. The predicted molar refractivity (Wildman–Crippen MR) is 69.3 cm³/mol. The summed E-state index contributed by atoms with van der Waals surface area (Å²) in [6.07, 6.45) is 3.55. The van der Waals surface area contributed by atoms with E-state index in [1.807, 2.05) is 6.92 Å². The van der Waals surface area contributed by atoms with Gasteiger partial charge in [0.1, 0.15) is 5.54 Å². The highest BCUT2D eigenvalue weighted by atomic mass is 16.4. The summed E-state index contributed by atoms with van der Waals surface area (Å²) in [7, 11) is 0. The Balaban J connectivity index is 2.38. The normalized spacial score (nSPS) is 22.4. The Morgan fingerprint density at radius 2 is 2.22 bits per heavy atom. The summed E-state index contributed by atoms with van der Waals surface area (Å²) in [6, 6.07) is 0. The molecule has 5 heteroatoms. The van der Waals surface area contributed by atoms with Gasteiger partial charge in [0.2, 0.25) is 5.91 Å². The van der Waals surface area contributed by atoms with Gasteiger partial charge in [-0.25, -0.2) is 4.79 Å². The minimum Gasteiger partial charge on any atom is -0.480 e. The molecule has 0 saturated carbocycles. The zero-order valence-electron chi connectivity index (χ0n) is 11.3. The first-order chi connectivity index (χ1) is 8.48. The van der Waals surface area contributed by atoms with E-state index in [4.69, 9.17) is 5.11 Å². The van der Waals surface area contributed by atoms with Crippen LogP contribution in [-0.4, -0.2) is 35.6 Å². The first-order valence-electron chi connectivity index (χ1n) is 6.73. The van der Waals surface area contributed by atoms with Crippen LogP contribution in [0.4, 0.5) is 0 Å². The molecule has 1 saturated heterocycles. The topological polar surface area (TPSA) is 78.4 Å². The standard InChI is InChI=1S/C13H24N2O3/c1-3-7-13(2,12(17)18)15-11(16)5-4-10-6-8-14-9-10/h10,14H,3-9H2,1-2H3,(H,15,16)(H,17,18). The Morgan fingerprint density at radius 1 is 1.50 bits per heavy atom. The van der Waals surface area contributed by atoms with Crippen molar-refractivity contribution in [2.24, 2.45) is 5.92 Å². The lowest BCUT2D eigenvalue weighted by molar-refractivity contribution is -0.147. The molecule has 0 radical (unpaired) electrons. The molecule has 1 rings (SSSR count). The van der Waals surface area contributed by atoms with Gasteiger partial charge in [-0.05, 0) is 45.2 Å². The molecule has 2 atom stereocenters. The second-order valence-corrected chi connectivity index (χ2v) is 5.33. The average Bonchev–Trinajstić information content (AvgIpc) is 2.79. The number of aliphatic carboxylic acids is 1. The maximum absolute atomic E-state index is 11.8. The minimum absolute atomic E-state index is 0.153. The van der Waals surface area contributed by atoms with Crippen molar-refractivity contribution in [2.45, 2.75) is 51.5 Å². The van der Waals surface area contributed by atoms with Gasteiger partial charge < -0.3 is 15.7 Å². The van der Waals surface area contributed by atoms with Gasteiger partial charge in [-0.3, -0.25) is 4.79 Å². The fourth-order valence-corrected chi connectivity index (χ4v) is 2.39. The molecule has 0 aromatic carbocycles. The molecule has 1 aliphatic rings. The van der Waals surface area contributed by atoms with Gasteiger partial charge in [-0.2, -0.15) is 0 Å². The van der Waals surface area contributed by atoms with Crippen molar-refractivity contribution in [2.75, 3.05) is 13.1 Å². The SMILES string of the molecule is CCCC(C)(NC(=O)CCC1CCNC1)C(=O)O. The number of carboxylic acid groups (broad SMARTS) is 1. The zero-order chi connectivity index (χ0) is 13.6. The monoisotopic (exact) mass is 256 g/mol. The van der Waals surface area contributed by atoms with Crippen LogP contribution < -0.4 is 10.6 Å². The highest BCUT2D eigenvalue weighted by molar-refractivity contribution is 5.86. The van der Waals surface area contributed by atoms with E-state index < -0.39 is 11.5 Å². The molecule has 5 nitrogen and oxygen atoms in total. The van der Waals surface area contributed by atoms with Crippen LogP contribution in [0.15, 0.2) is 0 Å². The van der Waals surface area contributed by atoms with Crippen molar-refractivity contribution in [1.82, 2.24) is 10.6 Å². The first kappa shape index (κ1) is 15.0. The number of carbonyl (C=O) groups is 2. The molecular weight excluding hydrogens is 232 g/mol. The van der Waals surface area contributed by atoms with Crippen LogP contribution in [0.3, 0.4) is 0 Å². The van der Waals surface area contributed by atoms with Gasteiger partial charge in [0.25, 0.3) is 0 Å². The van der Waals surface area contributed by atoms with Gasteiger partial charge in [0, 0.05) is 6.42 Å². The Hall–Kier alpha value is -1.10. The van der Waals surface area contributed by atoms with Gasteiger partial charge in [0.15, 0.2) is 0 Å². The first-order valence-corrected chi connectivity index (χ1v) is 6.73. The van der Waals surface area contributed by atoms with Crippen LogP contribution in [0, 0.1) is 5.92 Å². The lowest BCUT2D eigenvalue weighted by Crippen LogP contribution is -2.52. The van der Waals surface area contributed by atoms with E-state index >= 15 is 0 Å². The summed E-state index contributed by atoms with van der Waals surface area (Å²) < 4.78 is 0. The fourth-order valence-electron chi connectivity index (χ4n) is 2.39. The van der Waals surface area contributed by atoms with Gasteiger partial charge in [-0.15, -0.1) is 0 Å². The number of nitrogens with one attached hydrogen (secondary N) is 2. The summed E-state index contributed by atoms with van der Waals surface area (Å²) in [5, 5.41) is 15.1. The van der Waals surface area contributed by atoms with Gasteiger partial charge >= 0.3 is 5.97 Å². The summed E-state index contributed by atoms with van der Waals surface area (Å²) in [5.41, 5.74) is -1.13. The van der Waals surface area contributed by atoms with Crippen molar-refractivity contribution < 1.29 is 14.7 Å². The molecule has 0 aromatic rings. The minimum atomic E-state index is -1.13. The van der Waals surface area contributed by atoms with E-state index in [0.717, 1.165) is 32.4 Å². The molecule has 104 valence electrons. The molecule has 0 aliphatic carbocycles. The third kappa shape index (κ3) is 4.29. The molecule has 0 spiro atoms. The smallest absolute Gasteiger partial charge is 0.329 e. The van der Waals surface area contributed by atoms with Gasteiger partial charge in [0.05, 0.1) is 0 Å². The molecule has 0 aromatic heterocycles. The van der Waals surface area contributed by atoms with E-state index in [9.17, 15) is 9.59 Å². The highest BCUT2D eigenvalue weighted by Gasteiger charge is 2.33. The Kier molecular flexibility index (Phi) is 5.59. The van der Waals surface area contributed by atoms with Crippen LogP contribution in [0.1, 0.15) is 46.0 Å². The molecule has 0 bridgehead atoms. The summed E-state index contributed by atoms with van der Waals surface area (Å²) >= 11 is 0. The second-order valence-electron chi connectivity index (χ2n) is 5.33. The Labute approximate surface area is 108 Å². The number of hydrogen-bond donors (Lipinski definition) is 3. The number of carboxylic acids is 1. The maximum atomic E-state index is 11.8. The van der Waals surface area contributed by atoms with E-state index in [-0.39, 0.29) is 5.91 Å². The van der Waals surface area contributed by atoms with Crippen LogP contribution in [0.5, 0.6) is 0 Å². The molecule has 1 fully saturated rings. The largest absolute Gasteiger partial charge is 0.480 e. The molecule has 3 N–H and O–H groups in total. The van der Waals surface area contributed by atoms with Crippen molar-refractivity contribution in [3.63, 3.8) is 0 Å². The molecular formula is C13H24N2O3. The lowest BCUT2D eigenvalue weighted by Gasteiger charge is -2.26.